The van der Waals surface area contributed by atoms with E-state index in [9.17, 15) is 4.79 Å². The molecule has 0 N–H and O–H groups in total. The number of hydrogen-bond donors (Lipinski definition) is 0. The zero-order valence-corrected chi connectivity index (χ0v) is 16.6. The van der Waals surface area contributed by atoms with Crippen LogP contribution in [0.15, 0.2) is 84.9 Å². The number of carbonyl (C=O) groups is 1. The van der Waals surface area contributed by atoms with E-state index < -0.39 is 0 Å². The number of hydrogen-bond acceptors (Lipinski definition) is 3. The first kappa shape index (κ1) is 19.7. The fraction of sp³-hybridized carbons (Fsp3) is 0.167. The lowest BCUT2D eigenvalue weighted by Gasteiger charge is -2.26. The lowest BCUT2D eigenvalue weighted by molar-refractivity contribution is -0.118. The zero-order chi connectivity index (χ0) is 19.8. The lowest BCUT2D eigenvalue weighted by Crippen LogP contribution is -2.36. The highest BCUT2D eigenvalue weighted by atomic mass is 32.2. The number of nitriles is 1. The Labute approximate surface area is 170 Å². The van der Waals surface area contributed by atoms with E-state index in [1.165, 1.54) is 0 Å². The number of para-hydroxylation sites is 1. The van der Waals surface area contributed by atoms with E-state index >= 15 is 0 Å². The summed E-state index contributed by atoms with van der Waals surface area (Å²) in [6.07, 6.45) is 0. The van der Waals surface area contributed by atoms with Crippen LogP contribution >= 0.6 is 11.8 Å². The Balaban J connectivity index is 1.73. The van der Waals surface area contributed by atoms with Gasteiger partial charge in [-0.2, -0.15) is 5.26 Å². The van der Waals surface area contributed by atoms with Crippen LogP contribution in [0.1, 0.15) is 23.6 Å². The van der Waals surface area contributed by atoms with Crippen molar-refractivity contribution in [2.45, 2.75) is 24.5 Å². The molecule has 0 aliphatic carbocycles. The first-order valence-electron chi connectivity index (χ1n) is 9.18. The summed E-state index contributed by atoms with van der Waals surface area (Å²) in [4.78, 5) is 15.1. The molecular formula is C24H22N2OS. The molecule has 0 radical (unpaired) electrons. The number of benzene rings is 3. The van der Waals surface area contributed by atoms with Gasteiger partial charge in [-0.05, 0) is 42.3 Å². The molecule has 3 nitrogen and oxygen atoms in total. The molecule has 1 atom stereocenters. The summed E-state index contributed by atoms with van der Waals surface area (Å²) in [5, 5.41) is 8.85. The smallest absolute Gasteiger partial charge is 0.240 e. The van der Waals surface area contributed by atoms with Crippen LogP contribution in [0, 0.1) is 11.3 Å². The van der Waals surface area contributed by atoms with Crippen LogP contribution in [0.25, 0.3) is 0 Å². The van der Waals surface area contributed by atoms with Gasteiger partial charge >= 0.3 is 0 Å². The molecule has 3 aromatic rings. The van der Waals surface area contributed by atoms with Gasteiger partial charge in [0.1, 0.15) is 0 Å². The summed E-state index contributed by atoms with van der Waals surface area (Å²) in [6.45, 7) is 2.49. The van der Waals surface area contributed by atoms with E-state index in [2.05, 4.69) is 6.07 Å². The molecular weight excluding hydrogens is 364 g/mol. The maximum atomic E-state index is 13.2. The minimum atomic E-state index is -0.199. The molecule has 0 aromatic heterocycles. The van der Waals surface area contributed by atoms with Crippen molar-refractivity contribution >= 4 is 23.4 Å². The molecule has 0 aliphatic heterocycles. The topological polar surface area (TPSA) is 44.1 Å². The first-order valence-corrected chi connectivity index (χ1v) is 10.2. The summed E-state index contributed by atoms with van der Waals surface area (Å²) < 4.78 is 0. The molecule has 0 aliphatic rings. The largest absolute Gasteiger partial charge is 0.307 e. The Morgan fingerprint density at radius 1 is 0.964 bits per heavy atom. The standard InChI is InChI=1S/C24H22N2OS/c1-19(28-18-22-12-8-11-21(15-22)16-25)24(27)26(23-13-6-3-7-14-23)17-20-9-4-2-5-10-20/h2-15,19H,17-18H2,1H3. The molecule has 0 fully saturated rings. The Bertz CT molecular complexity index is 951. The third-order valence-corrected chi connectivity index (χ3v) is 5.62. The third-order valence-electron chi connectivity index (χ3n) is 4.42. The van der Waals surface area contributed by atoms with Crippen molar-refractivity contribution in [3.05, 3.63) is 102 Å². The monoisotopic (exact) mass is 386 g/mol. The number of nitrogens with zero attached hydrogens (tertiary/aromatic N) is 2. The molecule has 0 bridgehead atoms. The second-order valence-corrected chi connectivity index (χ2v) is 7.84. The van der Waals surface area contributed by atoms with Crippen molar-refractivity contribution in [1.29, 1.82) is 5.26 Å². The number of anilines is 1. The summed E-state index contributed by atoms with van der Waals surface area (Å²) in [5.41, 5.74) is 3.69. The van der Waals surface area contributed by atoms with Crippen molar-refractivity contribution in [2.24, 2.45) is 0 Å². The van der Waals surface area contributed by atoms with Crippen LogP contribution in [0.3, 0.4) is 0 Å². The summed E-state index contributed by atoms with van der Waals surface area (Å²) in [5.74, 6) is 0.771. The van der Waals surface area contributed by atoms with E-state index in [4.69, 9.17) is 5.26 Å². The quantitative estimate of drug-likeness (QED) is 0.545. The fourth-order valence-corrected chi connectivity index (χ4v) is 3.80. The van der Waals surface area contributed by atoms with Crippen LogP contribution in [0.2, 0.25) is 0 Å². The summed E-state index contributed by atoms with van der Waals surface area (Å²) in [6, 6.07) is 29.5. The van der Waals surface area contributed by atoms with E-state index in [0.29, 0.717) is 17.9 Å². The second kappa shape index (κ2) is 9.77. The number of amides is 1. The maximum absolute atomic E-state index is 13.2. The second-order valence-electron chi connectivity index (χ2n) is 6.51. The minimum Gasteiger partial charge on any atom is -0.307 e. The molecule has 3 rings (SSSR count). The minimum absolute atomic E-state index is 0.0801. The van der Waals surface area contributed by atoms with E-state index in [0.717, 1.165) is 16.8 Å². The average Bonchev–Trinajstić information content (AvgIpc) is 2.76. The normalized spacial score (nSPS) is 11.4. The van der Waals surface area contributed by atoms with E-state index in [-0.39, 0.29) is 11.2 Å². The Morgan fingerprint density at radius 3 is 2.29 bits per heavy atom. The Morgan fingerprint density at radius 2 is 1.61 bits per heavy atom. The van der Waals surface area contributed by atoms with Gasteiger partial charge in [0.2, 0.25) is 5.91 Å². The van der Waals surface area contributed by atoms with Gasteiger partial charge in [0.05, 0.1) is 23.4 Å². The van der Waals surface area contributed by atoms with Crippen LogP contribution in [-0.2, 0) is 17.1 Å². The highest BCUT2D eigenvalue weighted by Crippen LogP contribution is 2.24. The Kier molecular flexibility index (Phi) is 6.89. The summed E-state index contributed by atoms with van der Waals surface area (Å²) >= 11 is 1.59. The van der Waals surface area contributed by atoms with Crippen molar-refractivity contribution in [2.75, 3.05) is 4.90 Å². The molecule has 140 valence electrons. The predicted molar refractivity (Wildman–Crippen MR) is 116 cm³/mol. The molecule has 0 saturated heterocycles. The average molecular weight is 387 g/mol. The van der Waals surface area contributed by atoms with Crippen LogP contribution < -0.4 is 4.90 Å². The number of carbonyl (C=O) groups excluding carboxylic acids is 1. The number of thioether (sulfide) groups is 1. The van der Waals surface area contributed by atoms with Gasteiger partial charge < -0.3 is 4.90 Å². The highest BCUT2D eigenvalue weighted by Gasteiger charge is 2.22. The first-order chi connectivity index (χ1) is 13.7. The zero-order valence-electron chi connectivity index (χ0n) is 15.8. The van der Waals surface area contributed by atoms with Gasteiger partial charge in [-0.3, -0.25) is 4.79 Å². The van der Waals surface area contributed by atoms with Gasteiger partial charge in [0.25, 0.3) is 0 Å². The third kappa shape index (κ3) is 5.25. The lowest BCUT2D eigenvalue weighted by atomic mass is 10.2. The van der Waals surface area contributed by atoms with Gasteiger partial charge in [-0.15, -0.1) is 11.8 Å². The molecule has 1 unspecified atom stereocenters. The number of rotatable bonds is 7. The molecule has 0 heterocycles. The molecule has 0 saturated carbocycles. The van der Waals surface area contributed by atoms with Gasteiger partial charge in [-0.1, -0.05) is 60.7 Å². The highest BCUT2D eigenvalue weighted by molar-refractivity contribution is 7.99. The van der Waals surface area contributed by atoms with Gasteiger partial charge in [0, 0.05) is 11.4 Å². The van der Waals surface area contributed by atoms with Crippen molar-refractivity contribution in [3.63, 3.8) is 0 Å². The summed E-state index contributed by atoms with van der Waals surface area (Å²) in [7, 11) is 0. The van der Waals surface area contributed by atoms with Gasteiger partial charge in [-0.25, -0.2) is 0 Å². The van der Waals surface area contributed by atoms with Crippen LogP contribution in [0.4, 0.5) is 5.69 Å². The molecule has 4 heteroatoms. The van der Waals surface area contributed by atoms with Crippen LogP contribution in [0.5, 0.6) is 0 Å². The van der Waals surface area contributed by atoms with Crippen molar-refractivity contribution < 1.29 is 4.79 Å². The molecule has 0 spiro atoms. The molecule has 28 heavy (non-hydrogen) atoms. The maximum Gasteiger partial charge on any atom is 0.240 e. The SMILES string of the molecule is CC(SCc1cccc(C#N)c1)C(=O)N(Cc1ccccc1)c1ccccc1. The van der Waals surface area contributed by atoms with Gasteiger partial charge in [0.15, 0.2) is 0 Å². The molecule has 1 amide bonds. The van der Waals surface area contributed by atoms with Crippen molar-refractivity contribution in [1.82, 2.24) is 0 Å². The fourth-order valence-electron chi connectivity index (χ4n) is 2.91. The molecule has 3 aromatic carbocycles. The van der Waals surface area contributed by atoms with Crippen LogP contribution in [-0.4, -0.2) is 11.2 Å². The van der Waals surface area contributed by atoms with Crippen molar-refractivity contribution in [3.8, 4) is 6.07 Å². The Hall–Kier alpha value is -3.03. The predicted octanol–water partition coefficient (Wildman–Crippen LogP) is 5.41. The van der Waals surface area contributed by atoms with E-state index in [1.807, 2.05) is 90.7 Å². The van der Waals surface area contributed by atoms with E-state index in [1.54, 1.807) is 17.8 Å².